The maximum Gasteiger partial charge on any atom is 0.125 e. The molecule has 0 saturated heterocycles. The van der Waals surface area contributed by atoms with Gasteiger partial charge in [0, 0.05) is 10.6 Å². The molecule has 0 amide bonds. The standard InChI is InChI=1S/C20H21ClN2O/c1-23(2)11-5-10-20(14-22)17-7-4-3-6-15(17)13-24-19-9-8-16(21)12-18(19)20/h3-4,6-9,12H,5,10-11,13H2,1-2H3. The molecule has 0 aliphatic carbocycles. The molecule has 0 aromatic heterocycles. The second kappa shape index (κ2) is 6.84. The van der Waals surface area contributed by atoms with E-state index in [-0.39, 0.29) is 0 Å². The summed E-state index contributed by atoms with van der Waals surface area (Å²) in [7, 11) is 4.10. The second-order valence-electron chi connectivity index (χ2n) is 6.51. The van der Waals surface area contributed by atoms with Crippen molar-refractivity contribution in [2.24, 2.45) is 0 Å². The molecule has 124 valence electrons. The Morgan fingerprint density at radius 2 is 2.00 bits per heavy atom. The summed E-state index contributed by atoms with van der Waals surface area (Å²) in [5.41, 5.74) is 2.24. The Morgan fingerprint density at radius 1 is 1.21 bits per heavy atom. The van der Waals surface area contributed by atoms with E-state index in [4.69, 9.17) is 16.3 Å². The van der Waals surface area contributed by atoms with Crippen molar-refractivity contribution in [1.82, 2.24) is 4.90 Å². The predicted octanol–water partition coefficient (Wildman–Crippen LogP) is 4.38. The van der Waals surface area contributed by atoms with Gasteiger partial charge in [0.1, 0.15) is 17.8 Å². The highest BCUT2D eigenvalue weighted by Gasteiger charge is 2.40. The first kappa shape index (κ1) is 16.8. The van der Waals surface area contributed by atoms with Gasteiger partial charge in [0.2, 0.25) is 0 Å². The van der Waals surface area contributed by atoms with E-state index in [0.29, 0.717) is 11.6 Å². The lowest BCUT2D eigenvalue weighted by Crippen LogP contribution is -2.28. The van der Waals surface area contributed by atoms with Crippen molar-refractivity contribution >= 4 is 11.6 Å². The van der Waals surface area contributed by atoms with Gasteiger partial charge in [-0.3, -0.25) is 0 Å². The van der Waals surface area contributed by atoms with Crippen molar-refractivity contribution in [2.75, 3.05) is 20.6 Å². The minimum atomic E-state index is -0.733. The van der Waals surface area contributed by atoms with Crippen LogP contribution in [0.2, 0.25) is 5.02 Å². The van der Waals surface area contributed by atoms with E-state index in [0.717, 1.165) is 41.8 Å². The lowest BCUT2D eigenvalue weighted by atomic mass is 9.71. The minimum absolute atomic E-state index is 0.474. The molecule has 0 saturated carbocycles. The van der Waals surface area contributed by atoms with Gasteiger partial charge in [-0.1, -0.05) is 35.9 Å². The van der Waals surface area contributed by atoms with E-state index in [1.807, 2.05) is 56.6 Å². The number of rotatable bonds is 4. The van der Waals surface area contributed by atoms with Crippen LogP contribution in [0.15, 0.2) is 42.5 Å². The summed E-state index contributed by atoms with van der Waals surface area (Å²) >= 11 is 6.25. The van der Waals surface area contributed by atoms with Crippen LogP contribution >= 0.6 is 11.6 Å². The van der Waals surface area contributed by atoms with Crippen LogP contribution in [0, 0.1) is 11.3 Å². The maximum atomic E-state index is 10.3. The average molecular weight is 341 g/mol. The van der Waals surface area contributed by atoms with Gasteiger partial charge in [-0.05, 0) is 62.8 Å². The smallest absolute Gasteiger partial charge is 0.125 e. The molecule has 0 bridgehead atoms. The van der Waals surface area contributed by atoms with Crippen LogP contribution in [0.4, 0.5) is 0 Å². The Morgan fingerprint density at radius 3 is 2.75 bits per heavy atom. The fraction of sp³-hybridized carbons (Fsp3) is 0.350. The van der Waals surface area contributed by atoms with Gasteiger partial charge < -0.3 is 9.64 Å². The van der Waals surface area contributed by atoms with Gasteiger partial charge >= 0.3 is 0 Å². The number of halogens is 1. The van der Waals surface area contributed by atoms with Crippen LogP contribution in [0.3, 0.4) is 0 Å². The normalized spacial score (nSPS) is 19.0. The summed E-state index contributed by atoms with van der Waals surface area (Å²) in [6, 6.07) is 16.3. The first-order valence-corrected chi connectivity index (χ1v) is 8.52. The van der Waals surface area contributed by atoms with Crippen molar-refractivity contribution in [1.29, 1.82) is 5.26 Å². The molecule has 1 heterocycles. The molecule has 1 unspecified atom stereocenters. The summed E-state index contributed by atoms with van der Waals surface area (Å²) in [5, 5.41) is 10.9. The fourth-order valence-corrected chi connectivity index (χ4v) is 3.60. The van der Waals surface area contributed by atoms with E-state index in [1.54, 1.807) is 0 Å². The number of nitriles is 1. The van der Waals surface area contributed by atoms with Crippen LogP contribution in [0.25, 0.3) is 0 Å². The molecule has 1 atom stereocenters. The predicted molar refractivity (Wildman–Crippen MR) is 96.4 cm³/mol. The van der Waals surface area contributed by atoms with Crippen molar-refractivity contribution in [3.63, 3.8) is 0 Å². The molecule has 0 radical (unpaired) electrons. The fourth-order valence-electron chi connectivity index (χ4n) is 3.43. The number of fused-ring (bicyclic) bond motifs is 2. The van der Waals surface area contributed by atoms with E-state index in [9.17, 15) is 5.26 Å². The molecule has 0 spiro atoms. The molecule has 1 aliphatic heterocycles. The largest absolute Gasteiger partial charge is 0.489 e. The zero-order valence-corrected chi connectivity index (χ0v) is 14.8. The van der Waals surface area contributed by atoms with Crippen LogP contribution in [-0.2, 0) is 12.0 Å². The van der Waals surface area contributed by atoms with Crippen molar-refractivity contribution in [3.8, 4) is 11.8 Å². The number of ether oxygens (including phenoxy) is 1. The molecular weight excluding hydrogens is 320 g/mol. The zero-order valence-electron chi connectivity index (χ0n) is 14.1. The van der Waals surface area contributed by atoms with Gasteiger partial charge in [0.25, 0.3) is 0 Å². The van der Waals surface area contributed by atoms with Gasteiger partial charge in [-0.2, -0.15) is 5.26 Å². The lowest BCUT2D eigenvalue weighted by Gasteiger charge is -2.29. The molecule has 0 fully saturated rings. The maximum absolute atomic E-state index is 10.3. The second-order valence-corrected chi connectivity index (χ2v) is 6.95. The van der Waals surface area contributed by atoms with E-state index >= 15 is 0 Å². The topological polar surface area (TPSA) is 36.3 Å². The minimum Gasteiger partial charge on any atom is -0.489 e. The van der Waals surface area contributed by atoms with Crippen molar-refractivity contribution in [2.45, 2.75) is 24.9 Å². The van der Waals surface area contributed by atoms with Crippen LogP contribution in [-0.4, -0.2) is 25.5 Å². The Balaban J connectivity index is 2.17. The van der Waals surface area contributed by atoms with E-state index < -0.39 is 5.41 Å². The molecule has 0 N–H and O–H groups in total. The molecule has 4 heteroatoms. The molecule has 3 nitrogen and oxygen atoms in total. The molecule has 3 rings (SSSR count). The van der Waals surface area contributed by atoms with Gasteiger partial charge in [-0.15, -0.1) is 0 Å². The third-order valence-corrected chi connectivity index (χ3v) is 4.84. The number of benzene rings is 2. The summed E-state index contributed by atoms with van der Waals surface area (Å²) in [5.74, 6) is 0.752. The summed E-state index contributed by atoms with van der Waals surface area (Å²) in [6.07, 6.45) is 1.65. The SMILES string of the molecule is CN(C)CCCC1(C#N)c2ccccc2COc2ccc(Cl)cc21. The Labute approximate surface area is 148 Å². The van der Waals surface area contributed by atoms with Crippen LogP contribution in [0.5, 0.6) is 5.75 Å². The highest BCUT2D eigenvalue weighted by molar-refractivity contribution is 6.30. The van der Waals surface area contributed by atoms with Crippen LogP contribution in [0.1, 0.15) is 29.5 Å². The molecule has 24 heavy (non-hydrogen) atoms. The third-order valence-electron chi connectivity index (χ3n) is 4.61. The Bertz CT molecular complexity index is 781. The van der Waals surface area contributed by atoms with Gasteiger partial charge in [0.05, 0.1) is 6.07 Å². The number of nitrogens with zero attached hydrogens (tertiary/aromatic N) is 2. The Kier molecular flexibility index (Phi) is 4.80. The van der Waals surface area contributed by atoms with Crippen molar-refractivity contribution in [3.05, 3.63) is 64.2 Å². The van der Waals surface area contributed by atoms with Crippen LogP contribution < -0.4 is 4.74 Å². The third kappa shape index (κ3) is 3.00. The lowest BCUT2D eigenvalue weighted by molar-refractivity contribution is 0.306. The Hall–Kier alpha value is -2.02. The van der Waals surface area contributed by atoms with E-state index in [2.05, 4.69) is 11.0 Å². The van der Waals surface area contributed by atoms with E-state index in [1.165, 1.54) is 0 Å². The molecule has 2 aromatic carbocycles. The molecule has 1 aliphatic rings. The molecular formula is C20H21ClN2O. The van der Waals surface area contributed by atoms with Gasteiger partial charge in [-0.25, -0.2) is 0 Å². The quantitative estimate of drug-likeness (QED) is 0.828. The summed E-state index contributed by atoms with van der Waals surface area (Å²) in [4.78, 5) is 2.14. The average Bonchev–Trinajstić information content (AvgIpc) is 2.70. The number of hydrogen-bond donors (Lipinski definition) is 0. The summed E-state index contributed by atoms with van der Waals surface area (Å²) < 4.78 is 5.99. The van der Waals surface area contributed by atoms with Crippen molar-refractivity contribution < 1.29 is 4.74 Å². The van der Waals surface area contributed by atoms with Gasteiger partial charge in [0.15, 0.2) is 0 Å². The number of hydrogen-bond acceptors (Lipinski definition) is 3. The highest BCUT2D eigenvalue weighted by atomic mass is 35.5. The zero-order chi connectivity index (χ0) is 17.2. The first-order chi connectivity index (χ1) is 11.6. The monoisotopic (exact) mass is 340 g/mol. The highest BCUT2D eigenvalue weighted by Crippen LogP contribution is 2.45. The summed E-state index contributed by atoms with van der Waals surface area (Å²) in [6.45, 7) is 1.41. The molecule has 2 aromatic rings. The first-order valence-electron chi connectivity index (χ1n) is 8.14.